The molecule has 1 aliphatic carbocycles. The molecule has 0 atom stereocenters. The molecular weight excluding hydrogens is 364 g/mol. The van der Waals surface area contributed by atoms with Gasteiger partial charge in [0.05, 0.1) is 0 Å². The molecule has 4 nitrogen and oxygen atoms in total. The van der Waals surface area contributed by atoms with Gasteiger partial charge in [-0.05, 0) is 31.6 Å². The molecule has 0 unspecified atom stereocenters. The molecule has 0 aliphatic heterocycles. The second-order valence-corrected chi connectivity index (χ2v) is 6.21. The van der Waals surface area contributed by atoms with E-state index in [2.05, 4.69) is 10.3 Å². The first-order valence-corrected chi connectivity index (χ1v) is 8.19. The first kappa shape index (κ1) is 18.9. The van der Waals surface area contributed by atoms with Crippen molar-refractivity contribution in [1.82, 2.24) is 4.98 Å². The summed E-state index contributed by atoms with van der Waals surface area (Å²) < 4.78 is 59.1. The van der Waals surface area contributed by atoms with E-state index in [9.17, 15) is 22.4 Å². The van der Waals surface area contributed by atoms with Gasteiger partial charge in [-0.3, -0.25) is 4.79 Å². The van der Waals surface area contributed by atoms with Crippen LogP contribution in [0.25, 0.3) is 11.3 Å². The normalized spacial score (nSPS) is 15.0. The van der Waals surface area contributed by atoms with Crippen LogP contribution in [0.15, 0.2) is 52.0 Å². The van der Waals surface area contributed by atoms with Crippen molar-refractivity contribution in [3.8, 4) is 11.3 Å². The molecule has 1 aliphatic rings. The molecule has 1 aromatic heterocycles. The molecule has 0 radical (unpaired) electrons. The van der Waals surface area contributed by atoms with Crippen LogP contribution in [0.3, 0.4) is 0 Å². The number of carbonyl (C=O) groups excluding carboxylic acids is 1. The molecule has 1 N–H and O–H groups in total. The second kappa shape index (κ2) is 7.02. The lowest BCUT2D eigenvalue weighted by molar-refractivity contribution is -0.112. The lowest BCUT2D eigenvalue weighted by Crippen LogP contribution is -2.17. The van der Waals surface area contributed by atoms with Crippen molar-refractivity contribution in [3.63, 3.8) is 0 Å². The van der Waals surface area contributed by atoms with Gasteiger partial charge >= 0.3 is 5.92 Å². The number of aromatic nitrogens is 1. The van der Waals surface area contributed by atoms with Crippen LogP contribution >= 0.6 is 0 Å². The largest absolute Gasteiger partial charge is 0.440 e. The minimum absolute atomic E-state index is 0.0229. The van der Waals surface area contributed by atoms with Crippen molar-refractivity contribution in [2.24, 2.45) is 0 Å². The van der Waals surface area contributed by atoms with Crippen LogP contribution in [0.1, 0.15) is 31.4 Å². The molecule has 1 amide bonds. The number of halogens is 4. The Morgan fingerprint density at radius 1 is 1.22 bits per heavy atom. The molecule has 27 heavy (non-hydrogen) atoms. The first-order chi connectivity index (χ1) is 12.7. The standard InChI is InChI=1S/C19H16F4N2O2/c1-10-16(25-18(27-10)19(2,22)23)11-6-8-12(9-7-11)24-17(26)15-13(20)4-3-5-14(15)21/h4,6-9H,3,5H2,1-2H3,(H,24,26). The van der Waals surface area contributed by atoms with E-state index in [-0.39, 0.29) is 24.3 Å². The first-order valence-electron chi connectivity index (χ1n) is 8.19. The summed E-state index contributed by atoms with van der Waals surface area (Å²) in [5, 5.41) is 2.41. The summed E-state index contributed by atoms with van der Waals surface area (Å²) in [4.78, 5) is 15.9. The number of benzene rings is 1. The number of carbonyl (C=O) groups is 1. The highest BCUT2D eigenvalue weighted by molar-refractivity contribution is 6.07. The Balaban J connectivity index is 1.80. The number of nitrogens with zero attached hydrogens (tertiary/aromatic N) is 1. The number of rotatable bonds is 4. The van der Waals surface area contributed by atoms with Crippen molar-refractivity contribution < 1.29 is 26.8 Å². The van der Waals surface area contributed by atoms with Crippen LogP contribution in [0.5, 0.6) is 0 Å². The molecule has 1 heterocycles. The van der Waals surface area contributed by atoms with Crippen LogP contribution in [-0.4, -0.2) is 10.9 Å². The molecule has 1 aromatic carbocycles. The number of allylic oxidation sites excluding steroid dienone is 2. The van der Waals surface area contributed by atoms with Crippen LogP contribution in [0.4, 0.5) is 23.2 Å². The van der Waals surface area contributed by atoms with E-state index in [4.69, 9.17) is 4.42 Å². The Morgan fingerprint density at radius 2 is 1.89 bits per heavy atom. The van der Waals surface area contributed by atoms with Gasteiger partial charge in [-0.1, -0.05) is 12.1 Å². The summed E-state index contributed by atoms with van der Waals surface area (Å²) in [5.41, 5.74) is 0.440. The van der Waals surface area contributed by atoms with Gasteiger partial charge < -0.3 is 9.73 Å². The highest BCUT2D eigenvalue weighted by Crippen LogP contribution is 2.32. The van der Waals surface area contributed by atoms with Crippen molar-refractivity contribution in [1.29, 1.82) is 0 Å². The monoisotopic (exact) mass is 380 g/mol. The molecule has 0 saturated carbocycles. The fourth-order valence-electron chi connectivity index (χ4n) is 2.67. The fraction of sp³-hybridized carbons (Fsp3) is 0.263. The zero-order chi connectivity index (χ0) is 19.8. The average molecular weight is 380 g/mol. The zero-order valence-corrected chi connectivity index (χ0v) is 14.6. The van der Waals surface area contributed by atoms with Crippen LogP contribution in [-0.2, 0) is 10.7 Å². The van der Waals surface area contributed by atoms with E-state index in [1.165, 1.54) is 31.2 Å². The molecule has 142 valence electrons. The van der Waals surface area contributed by atoms with Gasteiger partial charge in [0, 0.05) is 24.6 Å². The lowest BCUT2D eigenvalue weighted by Gasteiger charge is -2.12. The van der Waals surface area contributed by atoms with E-state index < -0.39 is 34.9 Å². The number of oxazole rings is 1. The summed E-state index contributed by atoms with van der Waals surface area (Å²) in [6.07, 6.45) is 1.35. The van der Waals surface area contributed by atoms with E-state index in [0.717, 1.165) is 6.08 Å². The van der Waals surface area contributed by atoms with Gasteiger partial charge in [-0.2, -0.15) is 8.78 Å². The summed E-state index contributed by atoms with van der Waals surface area (Å²) in [7, 11) is 0. The van der Waals surface area contributed by atoms with Gasteiger partial charge in [-0.15, -0.1) is 0 Å². The predicted molar refractivity (Wildman–Crippen MR) is 91.4 cm³/mol. The van der Waals surface area contributed by atoms with E-state index in [1.807, 2.05) is 0 Å². The molecule has 0 bridgehead atoms. The van der Waals surface area contributed by atoms with Crippen LogP contribution in [0, 0.1) is 6.92 Å². The minimum atomic E-state index is -3.20. The number of amides is 1. The highest BCUT2D eigenvalue weighted by atomic mass is 19.3. The molecular formula is C19H16F4N2O2. The Hall–Kier alpha value is -2.90. The van der Waals surface area contributed by atoms with Crippen LogP contribution < -0.4 is 5.32 Å². The van der Waals surface area contributed by atoms with Crippen LogP contribution in [0.2, 0.25) is 0 Å². The summed E-state index contributed by atoms with van der Waals surface area (Å²) >= 11 is 0. The third kappa shape index (κ3) is 3.94. The second-order valence-electron chi connectivity index (χ2n) is 6.21. The van der Waals surface area contributed by atoms with Gasteiger partial charge in [0.15, 0.2) is 0 Å². The Kier molecular flexibility index (Phi) is 4.91. The number of nitrogens with one attached hydrogen (secondary N) is 1. The Bertz CT molecular complexity index is 938. The van der Waals surface area contributed by atoms with Crippen molar-refractivity contribution in [3.05, 3.63) is 59.2 Å². The number of alkyl halides is 2. The maximum absolute atomic E-state index is 13.7. The quantitative estimate of drug-likeness (QED) is 0.706. The third-order valence-corrected chi connectivity index (χ3v) is 4.01. The van der Waals surface area contributed by atoms with E-state index >= 15 is 0 Å². The van der Waals surface area contributed by atoms with E-state index in [1.54, 1.807) is 0 Å². The Morgan fingerprint density at radius 3 is 2.44 bits per heavy atom. The maximum Gasteiger partial charge on any atom is 0.319 e. The van der Waals surface area contributed by atoms with Crippen molar-refractivity contribution in [2.75, 3.05) is 5.32 Å². The summed E-state index contributed by atoms with van der Waals surface area (Å²) in [5.74, 6) is -6.24. The molecule has 2 aromatic rings. The highest BCUT2D eigenvalue weighted by Gasteiger charge is 2.32. The number of hydrogen-bond acceptors (Lipinski definition) is 3. The number of aryl methyl sites for hydroxylation is 1. The smallest absolute Gasteiger partial charge is 0.319 e. The average Bonchev–Trinajstić information content (AvgIpc) is 2.97. The molecule has 0 spiro atoms. The predicted octanol–water partition coefficient (Wildman–Crippen LogP) is 5.57. The number of hydrogen-bond donors (Lipinski definition) is 1. The van der Waals surface area contributed by atoms with Gasteiger partial charge in [0.25, 0.3) is 11.8 Å². The summed E-state index contributed by atoms with van der Waals surface area (Å²) in [6.45, 7) is 2.20. The number of anilines is 1. The summed E-state index contributed by atoms with van der Waals surface area (Å²) in [6, 6.07) is 6.04. The Labute approximate surface area is 152 Å². The minimum Gasteiger partial charge on any atom is -0.440 e. The van der Waals surface area contributed by atoms with E-state index in [0.29, 0.717) is 18.2 Å². The molecule has 0 saturated heterocycles. The molecule has 3 rings (SSSR count). The lowest BCUT2D eigenvalue weighted by atomic mass is 10.0. The third-order valence-electron chi connectivity index (χ3n) is 4.01. The van der Waals surface area contributed by atoms with Crippen molar-refractivity contribution >= 4 is 11.6 Å². The van der Waals surface area contributed by atoms with Gasteiger partial charge in [0.2, 0.25) is 0 Å². The topological polar surface area (TPSA) is 55.1 Å². The molecule has 8 heteroatoms. The zero-order valence-electron chi connectivity index (χ0n) is 14.6. The fourth-order valence-corrected chi connectivity index (χ4v) is 2.67. The van der Waals surface area contributed by atoms with Gasteiger partial charge in [-0.25, -0.2) is 13.8 Å². The maximum atomic E-state index is 13.7. The SMILES string of the molecule is Cc1oc(C(C)(F)F)nc1-c1ccc(NC(=O)C2=C(F)CCC=C2F)cc1. The van der Waals surface area contributed by atoms with Crippen molar-refractivity contribution in [2.45, 2.75) is 32.6 Å². The van der Waals surface area contributed by atoms with Gasteiger partial charge in [0.1, 0.15) is 28.7 Å². The molecule has 0 fully saturated rings.